The molecule has 0 spiro atoms. The lowest BCUT2D eigenvalue weighted by Gasteiger charge is -2.25. The van der Waals surface area contributed by atoms with Crippen molar-refractivity contribution in [3.63, 3.8) is 0 Å². The summed E-state index contributed by atoms with van der Waals surface area (Å²) in [5.74, 6) is 0.705. The van der Waals surface area contributed by atoms with Gasteiger partial charge in [0.2, 0.25) is 0 Å². The van der Waals surface area contributed by atoms with Crippen LogP contribution in [-0.4, -0.2) is 12.6 Å². The fourth-order valence-electron chi connectivity index (χ4n) is 3.26. The third kappa shape index (κ3) is 3.95. The molecule has 2 aliphatic rings. The first-order chi connectivity index (χ1) is 10.4. The summed E-state index contributed by atoms with van der Waals surface area (Å²) in [5, 5.41) is 12.9. The third-order valence-corrected chi connectivity index (χ3v) is 4.72. The molecular formula is C19H24N2. The molecule has 0 saturated heterocycles. The van der Waals surface area contributed by atoms with Crippen LogP contribution in [0.3, 0.4) is 0 Å². The maximum Gasteiger partial charge on any atom is 0.0997 e. The van der Waals surface area contributed by atoms with Crippen LogP contribution in [0.5, 0.6) is 0 Å². The molecule has 2 aliphatic carbocycles. The molecule has 0 aromatic heterocycles. The first kappa shape index (κ1) is 14.4. The molecule has 0 radical (unpaired) electrons. The van der Waals surface area contributed by atoms with Crippen LogP contribution in [0.15, 0.2) is 29.8 Å². The third-order valence-electron chi connectivity index (χ3n) is 4.72. The molecule has 2 heteroatoms. The zero-order valence-electron chi connectivity index (χ0n) is 12.6. The lowest BCUT2D eigenvalue weighted by molar-refractivity contribution is 0.396. The molecule has 0 amide bonds. The Balaban J connectivity index is 1.81. The Kier molecular flexibility index (Phi) is 4.72. The Morgan fingerprint density at radius 1 is 1.14 bits per heavy atom. The van der Waals surface area contributed by atoms with Gasteiger partial charge in [-0.2, -0.15) is 5.26 Å². The highest BCUT2D eigenvalue weighted by Gasteiger charge is 2.23. The predicted molar refractivity (Wildman–Crippen MR) is 86.7 cm³/mol. The average Bonchev–Trinajstić information content (AvgIpc) is 3.37. The molecule has 2 saturated carbocycles. The van der Waals surface area contributed by atoms with Gasteiger partial charge in [-0.05, 0) is 43.2 Å². The lowest BCUT2D eigenvalue weighted by Crippen LogP contribution is -2.24. The number of hydrogen-bond acceptors (Lipinski definition) is 2. The Labute approximate surface area is 127 Å². The van der Waals surface area contributed by atoms with Gasteiger partial charge in [0.05, 0.1) is 11.6 Å². The summed E-state index contributed by atoms with van der Waals surface area (Å²) in [6.45, 7) is 0.995. The van der Waals surface area contributed by atoms with Crippen LogP contribution in [-0.2, 0) is 0 Å². The molecule has 1 N–H and O–H groups in total. The molecule has 2 fully saturated rings. The van der Waals surface area contributed by atoms with Crippen molar-refractivity contribution in [3.8, 4) is 6.07 Å². The molecule has 0 bridgehead atoms. The van der Waals surface area contributed by atoms with E-state index in [0.717, 1.165) is 23.7 Å². The largest absolute Gasteiger partial charge is 0.310 e. The minimum Gasteiger partial charge on any atom is -0.310 e. The molecule has 21 heavy (non-hydrogen) atoms. The SMILES string of the molecule is N#Cc1ccccc1/C=C(/CNC1CC1)C1CCCCC1. The highest BCUT2D eigenvalue weighted by molar-refractivity contribution is 5.61. The number of rotatable bonds is 5. The van der Waals surface area contributed by atoms with Crippen molar-refractivity contribution in [2.24, 2.45) is 5.92 Å². The van der Waals surface area contributed by atoms with E-state index in [1.54, 1.807) is 0 Å². The molecule has 1 aromatic rings. The number of benzene rings is 1. The van der Waals surface area contributed by atoms with Gasteiger partial charge in [0, 0.05) is 12.6 Å². The maximum absolute atomic E-state index is 9.27. The van der Waals surface area contributed by atoms with E-state index < -0.39 is 0 Å². The summed E-state index contributed by atoms with van der Waals surface area (Å²) >= 11 is 0. The van der Waals surface area contributed by atoms with Crippen LogP contribution in [0.1, 0.15) is 56.1 Å². The molecule has 2 nitrogen and oxygen atoms in total. The zero-order valence-corrected chi connectivity index (χ0v) is 12.6. The molecule has 0 heterocycles. The summed E-state index contributed by atoms with van der Waals surface area (Å²) in [4.78, 5) is 0. The summed E-state index contributed by atoms with van der Waals surface area (Å²) in [6, 6.07) is 11.0. The number of nitrogens with one attached hydrogen (secondary N) is 1. The molecule has 0 unspecified atom stereocenters. The summed E-state index contributed by atoms with van der Waals surface area (Å²) in [5.41, 5.74) is 3.37. The summed E-state index contributed by atoms with van der Waals surface area (Å²) in [7, 11) is 0. The second kappa shape index (κ2) is 6.91. The minimum atomic E-state index is 0.705. The number of nitriles is 1. The monoisotopic (exact) mass is 280 g/mol. The summed E-state index contributed by atoms with van der Waals surface area (Å²) in [6.07, 6.45) is 11.6. The van der Waals surface area contributed by atoms with Crippen LogP contribution in [0.2, 0.25) is 0 Å². The van der Waals surface area contributed by atoms with Crippen LogP contribution in [0.25, 0.3) is 6.08 Å². The van der Waals surface area contributed by atoms with Crippen LogP contribution in [0.4, 0.5) is 0 Å². The number of hydrogen-bond donors (Lipinski definition) is 1. The van der Waals surface area contributed by atoms with E-state index in [1.807, 2.05) is 18.2 Å². The Bertz CT molecular complexity index is 543. The van der Waals surface area contributed by atoms with E-state index in [4.69, 9.17) is 0 Å². The quantitative estimate of drug-likeness (QED) is 0.874. The van der Waals surface area contributed by atoms with Crippen molar-refractivity contribution in [1.82, 2.24) is 5.32 Å². The smallest absolute Gasteiger partial charge is 0.0997 e. The van der Waals surface area contributed by atoms with E-state index >= 15 is 0 Å². The van der Waals surface area contributed by atoms with Gasteiger partial charge in [0.1, 0.15) is 0 Å². The van der Waals surface area contributed by atoms with Crippen molar-refractivity contribution < 1.29 is 0 Å². The first-order valence-corrected chi connectivity index (χ1v) is 8.30. The van der Waals surface area contributed by atoms with Gasteiger partial charge in [-0.1, -0.05) is 49.1 Å². The Morgan fingerprint density at radius 3 is 2.62 bits per heavy atom. The lowest BCUT2D eigenvalue weighted by atomic mass is 9.82. The minimum absolute atomic E-state index is 0.705. The van der Waals surface area contributed by atoms with Crippen LogP contribution >= 0.6 is 0 Å². The molecule has 0 aliphatic heterocycles. The van der Waals surface area contributed by atoms with Crippen molar-refractivity contribution in [3.05, 3.63) is 41.0 Å². The van der Waals surface area contributed by atoms with Gasteiger partial charge in [0.15, 0.2) is 0 Å². The van der Waals surface area contributed by atoms with E-state index in [1.165, 1.54) is 50.5 Å². The highest BCUT2D eigenvalue weighted by atomic mass is 14.9. The van der Waals surface area contributed by atoms with Crippen LogP contribution in [0, 0.1) is 17.2 Å². The Hall–Kier alpha value is -1.59. The molecule has 1 aromatic carbocycles. The van der Waals surface area contributed by atoms with E-state index in [-0.39, 0.29) is 0 Å². The molecule has 110 valence electrons. The standard InChI is InChI=1S/C19H24N2/c20-13-17-9-5-4-8-16(17)12-18(14-21-19-10-11-19)15-6-2-1-3-7-15/h4-5,8-9,12,15,19,21H,1-3,6-7,10-11,14H2/b18-12-. The topological polar surface area (TPSA) is 35.8 Å². The van der Waals surface area contributed by atoms with Gasteiger partial charge >= 0.3 is 0 Å². The van der Waals surface area contributed by atoms with E-state index in [2.05, 4.69) is 23.5 Å². The highest BCUT2D eigenvalue weighted by Crippen LogP contribution is 2.31. The van der Waals surface area contributed by atoms with Crippen molar-refractivity contribution in [2.45, 2.75) is 51.0 Å². The van der Waals surface area contributed by atoms with Crippen molar-refractivity contribution in [1.29, 1.82) is 5.26 Å². The van der Waals surface area contributed by atoms with Crippen LogP contribution < -0.4 is 5.32 Å². The van der Waals surface area contributed by atoms with Crippen molar-refractivity contribution in [2.75, 3.05) is 6.54 Å². The second-order valence-corrected chi connectivity index (χ2v) is 6.41. The van der Waals surface area contributed by atoms with Gasteiger partial charge < -0.3 is 5.32 Å². The van der Waals surface area contributed by atoms with Crippen molar-refractivity contribution >= 4 is 6.08 Å². The fraction of sp³-hybridized carbons (Fsp3) is 0.526. The molecule has 0 atom stereocenters. The predicted octanol–water partition coefficient (Wildman–Crippen LogP) is 4.27. The summed E-state index contributed by atoms with van der Waals surface area (Å²) < 4.78 is 0. The number of nitrogens with zero attached hydrogens (tertiary/aromatic N) is 1. The maximum atomic E-state index is 9.27. The van der Waals surface area contributed by atoms with E-state index in [9.17, 15) is 5.26 Å². The molecular weight excluding hydrogens is 256 g/mol. The molecule has 3 rings (SSSR count). The zero-order chi connectivity index (χ0) is 14.5. The van der Waals surface area contributed by atoms with Gasteiger partial charge in [-0.15, -0.1) is 0 Å². The Morgan fingerprint density at radius 2 is 1.90 bits per heavy atom. The van der Waals surface area contributed by atoms with Gasteiger partial charge in [-0.3, -0.25) is 0 Å². The second-order valence-electron chi connectivity index (χ2n) is 6.41. The first-order valence-electron chi connectivity index (χ1n) is 8.30. The van der Waals surface area contributed by atoms with E-state index in [0.29, 0.717) is 5.92 Å². The average molecular weight is 280 g/mol. The van der Waals surface area contributed by atoms with Gasteiger partial charge in [0.25, 0.3) is 0 Å². The van der Waals surface area contributed by atoms with Gasteiger partial charge in [-0.25, -0.2) is 0 Å². The normalized spacial score (nSPS) is 20.2. The fourth-order valence-corrected chi connectivity index (χ4v) is 3.26.